The lowest BCUT2D eigenvalue weighted by molar-refractivity contribution is -0.124. The molecule has 1 atom stereocenters. The average Bonchev–Trinajstić information content (AvgIpc) is 2.60. The lowest BCUT2D eigenvalue weighted by Gasteiger charge is -2.25. The van der Waals surface area contributed by atoms with Gasteiger partial charge < -0.3 is 14.8 Å². The highest BCUT2D eigenvalue weighted by atomic mass is 16.5. The molecule has 0 fully saturated rings. The van der Waals surface area contributed by atoms with E-state index in [9.17, 15) is 4.79 Å². The van der Waals surface area contributed by atoms with E-state index < -0.39 is 0 Å². The van der Waals surface area contributed by atoms with Gasteiger partial charge in [0.2, 0.25) is 11.8 Å². The molecular formula is C18H20N2O3. The van der Waals surface area contributed by atoms with Crippen molar-refractivity contribution in [1.82, 2.24) is 10.3 Å². The second kappa shape index (κ2) is 7.24. The zero-order valence-corrected chi connectivity index (χ0v) is 13.1. The van der Waals surface area contributed by atoms with Crippen molar-refractivity contribution in [3.05, 3.63) is 59.3 Å². The van der Waals surface area contributed by atoms with E-state index in [-0.39, 0.29) is 12.0 Å². The van der Waals surface area contributed by atoms with Gasteiger partial charge in [0, 0.05) is 18.8 Å². The van der Waals surface area contributed by atoms with E-state index in [0.29, 0.717) is 25.5 Å². The maximum atomic E-state index is 12.2. The summed E-state index contributed by atoms with van der Waals surface area (Å²) < 4.78 is 10.9. The normalized spacial score (nSPS) is 16.5. The molecule has 2 aromatic rings. The fourth-order valence-electron chi connectivity index (χ4n) is 2.76. The van der Waals surface area contributed by atoms with Crippen LogP contribution < -0.4 is 10.1 Å². The zero-order chi connectivity index (χ0) is 16.1. The molecule has 1 aliphatic heterocycles. The summed E-state index contributed by atoms with van der Waals surface area (Å²) in [5, 5.41) is 2.93. The number of benzene rings is 1. The molecule has 0 bridgehead atoms. The summed E-state index contributed by atoms with van der Waals surface area (Å²) in [5.41, 5.74) is 3.35. The average molecular weight is 312 g/mol. The van der Waals surface area contributed by atoms with E-state index in [0.717, 1.165) is 17.5 Å². The lowest BCUT2D eigenvalue weighted by atomic mass is 9.95. The monoisotopic (exact) mass is 312 g/mol. The largest absolute Gasteiger partial charge is 0.481 e. The minimum absolute atomic E-state index is 0.0255. The van der Waals surface area contributed by atoms with Gasteiger partial charge in [0.25, 0.3) is 0 Å². The first-order valence-electron chi connectivity index (χ1n) is 7.71. The summed E-state index contributed by atoms with van der Waals surface area (Å²) in [6.07, 6.45) is 2.75. The highest BCUT2D eigenvalue weighted by molar-refractivity contribution is 5.76. The Morgan fingerprint density at radius 1 is 1.39 bits per heavy atom. The molecule has 1 amide bonds. The van der Waals surface area contributed by atoms with Crippen LogP contribution in [0, 0.1) is 0 Å². The molecule has 1 aromatic carbocycles. The van der Waals surface area contributed by atoms with Crippen LogP contribution in [0.4, 0.5) is 0 Å². The van der Waals surface area contributed by atoms with Crippen molar-refractivity contribution in [2.75, 3.05) is 13.7 Å². The predicted molar refractivity (Wildman–Crippen MR) is 86.1 cm³/mol. The number of hydrogen-bond donors (Lipinski definition) is 1. The van der Waals surface area contributed by atoms with Crippen molar-refractivity contribution >= 4 is 5.91 Å². The van der Waals surface area contributed by atoms with E-state index in [4.69, 9.17) is 9.47 Å². The number of carbonyl (C=O) groups is 1. The molecule has 1 aromatic heterocycles. The summed E-state index contributed by atoms with van der Waals surface area (Å²) in [6.45, 7) is 1.11. The van der Waals surface area contributed by atoms with Crippen LogP contribution in [0.2, 0.25) is 0 Å². The van der Waals surface area contributed by atoms with Crippen LogP contribution in [-0.2, 0) is 22.5 Å². The standard InChI is InChI=1S/C18H20N2O3/c1-22-18-10-13(6-8-19-18)12-20-17(21)11-16-15-5-3-2-4-14(15)7-9-23-16/h2-6,8,10,16H,7,9,11-12H2,1H3,(H,20,21)/t16-/m1/s1. The third-order valence-corrected chi connectivity index (χ3v) is 3.96. The summed E-state index contributed by atoms with van der Waals surface area (Å²) in [7, 11) is 1.57. The summed E-state index contributed by atoms with van der Waals surface area (Å²) in [6, 6.07) is 11.8. The molecule has 0 saturated carbocycles. The quantitative estimate of drug-likeness (QED) is 0.921. The van der Waals surface area contributed by atoms with Crippen LogP contribution in [0.3, 0.4) is 0 Å². The zero-order valence-electron chi connectivity index (χ0n) is 13.1. The van der Waals surface area contributed by atoms with Crippen molar-refractivity contribution in [2.45, 2.75) is 25.5 Å². The number of ether oxygens (including phenoxy) is 2. The van der Waals surface area contributed by atoms with Crippen molar-refractivity contribution in [2.24, 2.45) is 0 Å². The van der Waals surface area contributed by atoms with Crippen molar-refractivity contribution in [1.29, 1.82) is 0 Å². The molecule has 5 heteroatoms. The van der Waals surface area contributed by atoms with E-state index in [2.05, 4.69) is 16.4 Å². The van der Waals surface area contributed by atoms with Crippen molar-refractivity contribution in [3.8, 4) is 5.88 Å². The van der Waals surface area contributed by atoms with Crippen LogP contribution in [0.25, 0.3) is 0 Å². The van der Waals surface area contributed by atoms with Gasteiger partial charge in [-0.3, -0.25) is 4.79 Å². The molecule has 120 valence electrons. The van der Waals surface area contributed by atoms with E-state index in [1.807, 2.05) is 30.3 Å². The number of methoxy groups -OCH3 is 1. The molecule has 0 radical (unpaired) electrons. The molecule has 1 aliphatic rings. The number of carbonyl (C=O) groups excluding carboxylic acids is 1. The molecule has 2 heterocycles. The molecule has 23 heavy (non-hydrogen) atoms. The number of nitrogens with one attached hydrogen (secondary N) is 1. The first-order chi connectivity index (χ1) is 11.3. The second-order valence-electron chi connectivity index (χ2n) is 5.50. The van der Waals surface area contributed by atoms with Gasteiger partial charge in [-0.15, -0.1) is 0 Å². The van der Waals surface area contributed by atoms with Gasteiger partial charge in [0.05, 0.1) is 26.2 Å². The van der Waals surface area contributed by atoms with Gasteiger partial charge in [-0.2, -0.15) is 0 Å². The SMILES string of the molecule is COc1cc(CNC(=O)C[C@H]2OCCc3ccccc32)ccn1. The van der Waals surface area contributed by atoms with Crippen LogP contribution in [0.15, 0.2) is 42.6 Å². The third-order valence-electron chi connectivity index (χ3n) is 3.96. The molecule has 0 unspecified atom stereocenters. The number of nitrogens with zero attached hydrogens (tertiary/aromatic N) is 1. The topological polar surface area (TPSA) is 60.5 Å². The highest BCUT2D eigenvalue weighted by Gasteiger charge is 2.22. The fraction of sp³-hybridized carbons (Fsp3) is 0.333. The Morgan fingerprint density at radius 3 is 3.13 bits per heavy atom. The molecule has 0 spiro atoms. The maximum Gasteiger partial charge on any atom is 0.223 e. The van der Waals surface area contributed by atoms with E-state index in [1.54, 1.807) is 13.3 Å². The minimum atomic E-state index is -0.160. The van der Waals surface area contributed by atoms with Gasteiger partial charge >= 0.3 is 0 Å². The van der Waals surface area contributed by atoms with E-state index in [1.165, 1.54) is 5.56 Å². The Balaban J connectivity index is 1.58. The molecule has 5 nitrogen and oxygen atoms in total. The van der Waals surface area contributed by atoms with Crippen LogP contribution in [-0.4, -0.2) is 24.6 Å². The van der Waals surface area contributed by atoms with Gasteiger partial charge in [0.15, 0.2) is 0 Å². The Hall–Kier alpha value is -2.40. The number of hydrogen-bond acceptors (Lipinski definition) is 4. The van der Waals surface area contributed by atoms with E-state index >= 15 is 0 Å². The molecule has 1 N–H and O–H groups in total. The van der Waals surface area contributed by atoms with Crippen LogP contribution in [0.5, 0.6) is 5.88 Å². The van der Waals surface area contributed by atoms with Gasteiger partial charge in [-0.25, -0.2) is 4.98 Å². The summed E-state index contributed by atoms with van der Waals surface area (Å²) in [4.78, 5) is 16.3. The fourth-order valence-corrected chi connectivity index (χ4v) is 2.76. The summed E-state index contributed by atoms with van der Waals surface area (Å²) >= 11 is 0. The summed E-state index contributed by atoms with van der Waals surface area (Å²) in [5.74, 6) is 0.517. The molecule has 0 aliphatic carbocycles. The lowest BCUT2D eigenvalue weighted by Crippen LogP contribution is -2.27. The Bertz CT molecular complexity index is 687. The van der Waals surface area contributed by atoms with Gasteiger partial charge in [-0.1, -0.05) is 24.3 Å². The Kier molecular flexibility index (Phi) is 4.88. The minimum Gasteiger partial charge on any atom is -0.481 e. The number of fused-ring (bicyclic) bond motifs is 1. The number of rotatable bonds is 5. The van der Waals surface area contributed by atoms with Crippen LogP contribution in [0.1, 0.15) is 29.2 Å². The first-order valence-corrected chi connectivity index (χ1v) is 7.71. The van der Waals surface area contributed by atoms with Gasteiger partial charge in [0.1, 0.15) is 0 Å². The predicted octanol–water partition coefficient (Wildman–Crippen LogP) is 2.41. The van der Waals surface area contributed by atoms with Crippen LogP contribution >= 0.6 is 0 Å². The smallest absolute Gasteiger partial charge is 0.223 e. The molecule has 0 saturated heterocycles. The van der Waals surface area contributed by atoms with Crippen molar-refractivity contribution in [3.63, 3.8) is 0 Å². The maximum absolute atomic E-state index is 12.2. The molecular weight excluding hydrogens is 292 g/mol. The number of aromatic nitrogens is 1. The number of pyridine rings is 1. The first kappa shape index (κ1) is 15.5. The van der Waals surface area contributed by atoms with Crippen molar-refractivity contribution < 1.29 is 14.3 Å². The third kappa shape index (κ3) is 3.87. The van der Waals surface area contributed by atoms with Gasteiger partial charge in [-0.05, 0) is 29.2 Å². The Labute approximate surface area is 135 Å². The highest BCUT2D eigenvalue weighted by Crippen LogP contribution is 2.29. The molecule has 3 rings (SSSR count). The Morgan fingerprint density at radius 2 is 2.26 bits per heavy atom. The number of amides is 1. The second-order valence-corrected chi connectivity index (χ2v) is 5.50.